The number of carbonyl (C=O) groups excluding carboxylic acids is 2. The van der Waals surface area contributed by atoms with E-state index < -0.39 is 0 Å². The number of rotatable bonds is 5. The van der Waals surface area contributed by atoms with Crippen LogP contribution in [0.2, 0.25) is 0 Å². The van der Waals surface area contributed by atoms with Gasteiger partial charge in [0.25, 0.3) is 0 Å². The molecule has 1 aliphatic heterocycles. The Hall–Kier alpha value is -1.88. The Morgan fingerprint density at radius 1 is 1.22 bits per heavy atom. The smallest absolute Gasteiger partial charge is 0.224 e. The molecule has 1 aromatic rings. The Kier molecular flexibility index (Phi) is 4.96. The molecule has 124 valence electrons. The third-order valence-corrected chi connectivity index (χ3v) is 5.01. The summed E-state index contributed by atoms with van der Waals surface area (Å²) in [4.78, 5) is 26.0. The van der Waals surface area contributed by atoms with Crippen LogP contribution in [-0.4, -0.2) is 29.3 Å². The van der Waals surface area contributed by atoms with Gasteiger partial charge in [-0.05, 0) is 30.4 Å². The average Bonchev–Trinajstić information content (AvgIpc) is 3.15. The topological polar surface area (TPSA) is 75.4 Å². The zero-order chi connectivity index (χ0) is 16.2. The number of hydrogen-bond acceptors (Lipinski definition) is 3. The molecule has 1 saturated carbocycles. The Morgan fingerprint density at radius 2 is 2.00 bits per heavy atom. The predicted octanol–water partition coefficient (Wildman–Crippen LogP) is 1.55. The molecule has 2 aliphatic rings. The van der Waals surface area contributed by atoms with E-state index in [0.29, 0.717) is 19.5 Å². The van der Waals surface area contributed by atoms with Crippen molar-refractivity contribution >= 4 is 11.8 Å². The summed E-state index contributed by atoms with van der Waals surface area (Å²) in [6.45, 7) is 1.96. The monoisotopic (exact) mass is 315 g/mol. The molecule has 23 heavy (non-hydrogen) atoms. The summed E-state index contributed by atoms with van der Waals surface area (Å²) < 4.78 is 0. The van der Waals surface area contributed by atoms with E-state index in [1.165, 1.54) is 0 Å². The van der Waals surface area contributed by atoms with Crippen LogP contribution < -0.4 is 11.1 Å². The van der Waals surface area contributed by atoms with Crippen LogP contribution >= 0.6 is 0 Å². The number of amides is 2. The molecule has 0 spiro atoms. The minimum absolute atomic E-state index is 0.00698. The van der Waals surface area contributed by atoms with Crippen LogP contribution in [0.3, 0.4) is 0 Å². The number of carbonyl (C=O) groups is 2. The Labute approximate surface area is 137 Å². The van der Waals surface area contributed by atoms with Crippen molar-refractivity contribution in [1.82, 2.24) is 10.2 Å². The number of nitrogens with zero attached hydrogens (tertiary/aromatic N) is 1. The van der Waals surface area contributed by atoms with E-state index in [1.54, 1.807) is 0 Å². The van der Waals surface area contributed by atoms with Crippen molar-refractivity contribution in [2.75, 3.05) is 6.54 Å². The summed E-state index contributed by atoms with van der Waals surface area (Å²) >= 11 is 0. The van der Waals surface area contributed by atoms with Crippen molar-refractivity contribution in [1.29, 1.82) is 0 Å². The van der Waals surface area contributed by atoms with Gasteiger partial charge in [-0.1, -0.05) is 30.7 Å². The van der Waals surface area contributed by atoms with Gasteiger partial charge >= 0.3 is 0 Å². The van der Waals surface area contributed by atoms with E-state index in [9.17, 15) is 9.59 Å². The molecule has 3 rings (SSSR count). The fraction of sp³-hybridized carbons (Fsp3) is 0.556. The first-order valence-electron chi connectivity index (χ1n) is 8.53. The SMILES string of the molecule is NC1CCCC1C(=O)NCc1ccccc1CN1CCCC1=O. The van der Waals surface area contributed by atoms with E-state index in [2.05, 4.69) is 5.32 Å². The van der Waals surface area contributed by atoms with Crippen LogP contribution in [0.5, 0.6) is 0 Å². The van der Waals surface area contributed by atoms with Gasteiger partial charge in [0.1, 0.15) is 0 Å². The van der Waals surface area contributed by atoms with Crippen LogP contribution in [0.15, 0.2) is 24.3 Å². The number of hydrogen-bond donors (Lipinski definition) is 2. The van der Waals surface area contributed by atoms with Gasteiger partial charge in [0, 0.05) is 32.1 Å². The summed E-state index contributed by atoms with van der Waals surface area (Å²) in [5, 5.41) is 3.03. The fourth-order valence-electron chi connectivity index (χ4n) is 3.59. The molecular formula is C18H25N3O2. The highest BCUT2D eigenvalue weighted by Gasteiger charge is 2.30. The first-order chi connectivity index (χ1) is 11.1. The molecule has 0 aromatic heterocycles. The molecule has 2 fully saturated rings. The predicted molar refractivity (Wildman–Crippen MR) is 88.3 cm³/mol. The van der Waals surface area contributed by atoms with Gasteiger partial charge in [-0.25, -0.2) is 0 Å². The zero-order valence-corrected chi connectivity index (χ0v) is 13.5. The van der Waals surface area contributed by atoms with Crippen LogP contribution in [0, 0.1) is 5.92 Å². The maximum atomic E-state index is 12.3. The highest BCUT2D eigenvalue weighted by Crippen LogP contribution is 2.24. The minimum atomic E-state index is -0.0534. The van der Waals surface area contributed by atoms with Crippen molar-refractivity contribution < 1.29 is 9.59 Å². The second-order valence-corrected chi connectivity index (χ2v) is 6.61. The summed E-state index contributed by atoms with van der Waals surface area (Å²) in [6.07, 6.45) is 4.45. The molecule has 3 N–H and O–H groups in total. The molecule has 0 radical (unpaired) electrons. The van der Waals surface area contributed by atoms with E-state index in [4.69, 9.17) is 5.73 Å². The van der Waals surface area contributed by atoms with Gasteiger partial charge < -0.3 is 16.0 Å². The Bertz CT molecular complexity index is 587. The van der Waals surface area contributed by atoms with Crippen LogP contribution in [0.4, 0.5) is 0 Å². The van der Waals surface area contributed by atoms with Gasteiger partial charge in [-0.2, -0.15) is 0 Å². The maximum absolute atomic E-state index is 12.3. The average molecular weight is 315 g/mol. The maximum Gasteiger partial charge on any atom is 0.224 e. The molecule has 1 heterocycles. The largest absolute Gasteiger partial charge is 0.352 e. The quantitative estimate of drug-likeness (QED) is 0.865. The molecular weight excluding hydrogens is 290 g/mol. The molecule has 2 unspecified atom stereocenters. The van der Waals surface area contributed by atoms with E-state index >= 15 is 0 Å². The van der Waals surface area contributed by atoms with Gasteiger partial charge in [0.2, 0.25) is 11.8 Å². The molecule has 2 atom stereocenters. The van der Waals surface area contributed by atoms with E-state index in [0.717, 1.165) is 43.4 Å². The van der Waals surface area contributed by atoms with Crippen LogP contribution in [0.25, 0.3) is 0 Å². The summed E-state index contributed by atoms with van der Waals surface area (Å²) in [7, 11) is 0. The van der Waals surface area contributed by atoms with Gasteiger partial charge in [0.15, 0.2) is 0 Å². The van der Waals surface area contributed by atoms with Gasteiger partial charge in [0.05, 0.1) is 5.92 Å². The minimum Gasteiger partial charge on any atom is -0.352 e. The fourth-order valence-corrected chi connectivity index (χ4v) is 3.59. The molecule has 1 saturated heterocycles. The first kappa shape index (κ1) is 16.0. The number of nitrogens with one attached hydrogen (secondary N) is 1. The summed E-state index contributed by atoms with van der Waals surface area (Å²) in [6, 6.07) is 8.00. The lowest BCUT2D eigenvalue weighted by Gasteiger charge is -2.19. The van der Waals surface area contributed by atoms with Gasteiger partial charge in [-0.3, -0.25) is 9.59 Å². The van der Waals surface area contributed by atoms with E-state index in [1.807, 2.05) is 29.2 Å². The second-order valence-electron chi connectivity index (χ2n) is 6.61. The number of likely N-dealkylation sites (tertiary alicyclic amines) is 1. The van der Waals surface area contributed by atoms with Crippen LogP contribution in [-0.2, 0) is 22.7 Å². The lowest BCUT2D eigenvalue weighted by atomic mass is 10.0. The van der Waals surface area contributed by atoms with Crippen LogP contribution in [0.1, 0.15) is 43.2 Å². The van der Waals surface area contributed by atoms with Crippen molar-refractivity contribution in [2.24, 2.45) is 11.7 Å². The lowest BCUT2D eigenvalue weighted by molar-refractivity contribution is -0.128. The van der Waals surface area contributed by atoms with Crippen molar-refractivity contribution in [3.05, 3.63) is 35.4 Å². The van der Waals surface area contributed by atoms with Crippen molar-refractivity contribution in [3.63, 3.8) is 0 Å². The number of nitrogens with two attached hydrogens (primary N) is 1. The molecule has 0 bridgehead atoms. The van der Waals surface area contributed by atoms with Crippen molar-refractivity contribution in [2.45, 2.75) is 51.2 Å². The first-order valence-corrected chi connectivity index (χ1v) is 8.53. The lowest BCUT2D eigenvalue weighted by Crippen LogP contribution is -2.38. The molecule has 5 heteroatoms. The molecule has 2 amide bonds. The highest BCUT2D eigenvalue weighted by molar-refractivity contribution is 5.80. The summed E-state index contributed by atoms with van der Waals surface area (Å²) in [5.74, 6) is 0.227. The Balaban J connectivity index is 1.61. The second kappa shape index (κ2) is 7.13. The standard InChI is InChI=1S/C18H25N3O2/c19-16-8-3-7-15(16)18(23)20-11-13-5-1-2-6-14(13)12-21-10-4-9-17(21)22/h1-2,5-6,15-16H,3-4,7-12,19H2,(H,20,23). The third-order valence-electron chi connectivity index (χ3n) is 5.01. The highest BCUT2D eigenvalue weighted by atomic mass is 16.2. The van der Waals surface area contributed by atoms with E-state index in [-0.39, 0.29) is 23.8 Å². The Morgan fingerprint density at radius 3 is 2.65 bits per heavy atom. The zero-order valence-electron chi connectivity index (χ0n) is 13.5. The summed E-state index contributed by atoms with van der Waals surface area (Å²) in [5.41, 5.74) is 8.18. The molecule has 1 aliphatic carbocycles. The third kappa shape index (κ3) is 3.72. The van der Waals surface area contributed by atoms with Crippen molar-refractivity contribution in [3.8, 4) is 0 Å². The molecule has 5 nitrogen and oxygen atoms in total. The van der Waals surface area contributed by atoms with Gasteiger partial charge in [-0.15, -0.1) is 0 Å². The molecule has 1 aromatic carbocycles. The normalized spacial score (nSPS) is 24.2. The number of benzene rings is 1.